The number of nitrogens with zero attached hydrogens (tertiary/aromatic N) is 1. The largest absolute Gasteiger partial charge is 0.356 e. The van der Waals surface area contributed by atoms with Crippen molar-refractivity contribution in [1.82, 2.24) is 10.2 Å². The number of carbonyl (C=O) groups excluding carboxylic acids is 1. The number of methoxy groups -OCH3 is 2. The molecule has 1 atom stereocenters. The van der Waals surface area contributed by atoms with Gasteiger partial charge in [0.1, 0.15) is 11.4 Å². The first-order valence-electron chi connectivity index (χ1n) is 5.33. The van der Waals surface area contributed by atoms with E-state index < -0.39 is 11.8 Å². The molecule has 0 aliphatic carbocycles. The van der Waals surface area contributed by atoms with Gasteiger partial charge in [0.05, 0.1) is 0 Å². The van der Waals surface area contributed by atoms with Gasteiger partial charge in [0.25, 0.3) is 0 Å². The third kappa shape index (κ3) is 2.48. The number of amidine groups is 1. The quantitative estimate of drug-likeness (QED) is 0.537. The van der Waals surface area contributed by atoms with Crippen molar-refractivity contribution in [3.05, 3.63) is 12.7 Å². The summed E-state index contributed by atoms with van der Waals surface area (Å²) in [6, 6.07) is -0.289. The van der Waals surface area contributed by atoms with E-state index >= 15 is 0 Å². The van der Waals surface area contributed by atoms with Crippen LogP contribution in [0.3, 0.4) is 0 Å². The molecule has 1 aliphatic heterocycles. The first-order valence-corrected chi connectivity index (χ1v) is 5.33. The zero-order chi connectivity index (χ0) is 13.1. The molecule has 2 amide bonds. The summed E-state index contributed by atoms with van der Waals surface area (Å²) in [6.07, 6.45) is 1.57. The summed E-state index contributed by atoms with van der Waals surface area (Å²) in [5.41, 5.74) is -0.748. The van der Waals surface area contributed by atoms with E-state index in [9.17, 15) is 4.79 Å². The monoisotopic (exact) mass is 241 g/mol. The van der Waals surface area contributed by atoms with Gasteiger partial charge in [0.15, 0.2) is 6.29 Å². The maximum absolute atomic E-state index is 11.7. The van der Waals surface area contributed by atoms with Crippen molar-refractivity contribution in [2.75, 3.05) is 20.8 Å². The standard InChI is InChI=1S/C11H19N3O3/c1-5-6-14-10(15)13-9(12)11(14,2)7-8(16-3)17-4/h5,8H,1,6-7H2,2-4H3,(H2,12,13,15). The third-order valence-corrected chi connectivity index (χ3v) is 3.01. The third-order valence-electron chi connectivity index (χ3n) is 3.01. The van der Waals surface area contributed by atoms with Gasteiger partial charge in [-0.05, 0) is 6.92 Å². The molecule has 0 aromatic rings. The van der Waals surface area contributed by atoms with Crippen molar-refractivity contribution < 1.29 is 14.3 Å². The summed E-state index contributed by atoms with van der Waals surface area (Å²) in [4.78, 5) is 13.2. The summed E-state index contributed by atoms with van der Waals surface area (Å²) >= 11 is 0. The van der Waals surface area contributed by atoms with Crippen LogP contribution in [0.15, 0.2) is 12.7 Å². The molecule has 1 unspecified atom stereocenters. The lowest BCUT2D eigenvalue weighted by atomic mass is 9.95. The van der Waals surface area contributed by atoms with E-state index in [1.54, 1.807) is 11.0 Å². The predicted octanol–water partition coefficient (Wildman–Crippen LogP) is 0.943. The Morgan fingerprint density at radius 1 is 1.59 bits per heavy atom. The molecule has 17 heavy (non-hydrogen) atoms. The topological polar surface area (TPSA) is 74.7 Å². The molecular weight excluding hydrogens is 222 g/mol. The summed E-state index contributed by atoms with van der Waals surface area (Å²) in [6.45, 7) is 5.80. The number of hydrogen-bond acceptors (Lipinski definition) is 4. The van der Waals surface area contributed by atoms with Crippen LogP contribution in [-0.4, -0.2) is 49.4 Å². The van der Waals surface area contributed by atoms with Gasteiger partial charge in [-0.2, -0.15) is 0 Å². The van der Waals surface area contributed by atoms with Gasteiger partial charge in [-0.3, -0.25) is 10.7 Å². The van der Waals surface area contributed by atoms with Gasteiger partial charge in [0, 0.05) is 27.2 Å². The van der Waals surface area contributed by atoms with E-state index in [0.717, 1.165) is 0 Å². The van der Waals surface area contributed by atoms with Crippen LogP contribution in [0.2, 0.25) is 0 Å². The Hall–Kier alpha value is -1.40. The average molecular weight is 241 g/mol. The van der Waals surface area contributed by atoms with Crippen LogP contribution in [-0.2, 0) is 9.47 Å². The summed E-state index contributed by atoms with van der Waals surface area (Å²) < 4.78 is 10.3. The maximum atomic E-state index is 11.7. The Balaban J connectivity index is 2.91. The van der Waals surface area contributed by atoms with Crippen molar-refractivity contribution >= 4 is 11.9 Å². The van der Waals surface area contributed by atoms with Crippen molar-refractivity contribution in [2.45, 2.75) is 25.2 Å². The minimum absolute atomic E-state index is 0.156. The van der Waals surface area contributed by atoms with Crippen LogP contribution < -0.4 is 5.32 Å². The Morgan fingerprint density at radius 2 is 2.18 bits per heavy atom. The fraction of sp³-hybridized carbons (Fsp3) is 0.636. The molecule has 0 radical (unpaired) electrons. The molecule has 1 heterocycles. The smallest absolute Gasteiger partial charge is 0.323 e. The Labute approximate surface area is 101 Å². The number of urea groups is 1. The molecule has 0 aromatic heterocycles. The first kappa shape index (κ1) is 13.7. The van der Waals surface area contributed by atoms with Gasteiger partial charge >= 0.3 is 6.03 Å². The Morgan fingerprint density at radius 3 is 2.65 bits per heavy atom. The number of rotatable bonds is 6. The van der Waals surface area contributed by atoms with Crippen molar-refractivity contribution in [2.24, 2.45) is 0 Å². The van der Waals surface area contributed by atoms with Crippen molar-refractivity contribution in [1.29, 1.82) is 5.41 Å². The van der Waals surface area contributed by atoms with Crippen molar-refractivity contribution in [3.63, 3.8) is 0 Å². The van der Waals surface area contributed by atoms with Crippen LogP contribution >= 0.6 is 0 Å². The highest BCUT2D eigenvalue weighted by Gasteiger charge is 2.47. The van der Waals surface area contributed by atoms with Crippen LogP contribution in [0.25, 0.3) is 0 Å². The van der Waals surface area contributed by atoms with Gasteiger partial charge < -0.3 is 14.4 Å². The molecule has 2 N–H and O–H groups in total. The van der Waals surface area contributed by atoms with E-state index in [-0.39, 0.29) is 11.9 Å². The second-order valence-electron chi connectivity index (χ2n) is 4.08. The fourth-order valence-corrected chi connectivity index (χ4v) is 1.88. The zero-order valence-corrected chi connectivity index (χ0v) is 10.4. The number of carbonyl (C=O) groups is 1. The van der Waals surface area contributed by atoms with Gasteiger partial charge in [-0.15, -0.1) is 6.58 Å². The Kier molecular flexibility index (Phi) is 4.25. The SMILES string of the molecule is C=CCN1C(=O)NC(=N)C1(C)CC(OC)OC. The van der Waals surface area contributed by atoms with Gasteiger partial charge in [0.2, 0.25) is 0 Å². The molecule has 1 fully saturated rings. The van der Waals surface area contributed by atoms with Crippen LogP contribution in [0, 0.1) is 5.41 Å². The highest BCUT2D eigenvalue weighted by molar-refractivity contribution is 6.08. The Bertz CT molecular complexity index is 328. The summed E-state index contributed by atoms with van der Waals surface area (Å²) in [7, 11) is 3.06. The van der Waals surface area contributed by atoms with Gasteiger partial charge in [-0.25, -0.2) is 4.79 Å². The molecule has 0 aromatic carbocycles. The van der Waals surface area contributed by atoms with Crippen LogP contribution in [0.5, 0.6) is 0 Å². The molecule has 0 bridgehead atoms. The highest BCUT2D eigenvalue weighted by atomic mass is 16.7. The summed E-state index contributed by atoms with van der Waals surface area (Å²) in [5.74, 6) is 0.156. The molecule has 6 nitrogen and oxygen atoms in total. The lowest BCUT2D eigenvalue weighted by molar-refractivity contribution is -0.117. The number of amides is 2. The zero-order valence-electron chi connectivity index (χ0n) is 10.4. The number of nitrogens with one attached hydrogen (secondary N) is 2. The van der Waals surface area contributed by atoms with E-state index in [4.69, 9.17) is 14.9 Å². The van der Waals surface area contributed by atoms with Crippen LogP contribution in [0.4, 0.5) is 4.79 Å². The fourth-order valence-electron chi connectivity index (χ4n) is 1.88. The van der Waals surface area contributed by atoms with E-state index in [1.807, 2.05) is 6.92 Å². The maximum Gasteiger partial charge on any atom is 0.323 e. The molecule has 96 valence electrons. The van der Waals surface area contributed by atoms with E-state index in [1.165, 1.54) is 14.2 Å². The molecule has 6 heteroatoms. The predicted molar refractivity (Wildman–Crippen MR) is 64.0 cm³/mol. The average Bonchev–Trinajstić information content (AvgIpc) is 2.51. The van der Waals surface area contributed by atoms with E-state index in [0.29, 0.717) is 13.0 Å². The minimum atomic E-state index is -0.748. The summed E-state index contributed by atoms with van der Waals surface area (Å²) in [5, 5.41) is 10.4. The number of ether oxygens (including phenoxy) is 2. The second kappa shape index (κ2) is 5.29. The molecule has 1 rings (SSSR count). The lowest BCUT2D eigenvalue weighted by Crippen LogP contribution is -2.49. The van der Waals surface area contributed by atoms with E-state index in [2.05, 4.69) is 11.9 Å². The molecule has 0 spiro atoms. The van der Waals surface area contributed by atoms with Crippen molar-refractivity contribution in [3.8, 4) is 0 Å². The number of hydrogen-bond donors (Lipinski definition) is 2. The minimum Gasteiger partial charge on any atom is -0.356 e. The molecule has 0 saturated carbocycles. The molecular formula is C11H19N3O3. The second-order valence-corrected chi connectivity index (χ2v) is 4.08. The molecule has 1 aliphatic rings. The molecule has 1 saturated heterocycles. The van der Waals surface area contributed by atoms with Gasteiger partial charge in [-0.1, -0.05) is 6.08 Å². The van der Waals surface area contributed by atoms with Crippen LogP contribution in [0.1, 0.15) is 13.3 Å². The lowest BCUT2D eigenvalue weighted by Gasteiger charge is -2.34. The first-order chi connectivity index (χ1) is 7.99. The highest BCUT2D eigenvalue weighted by Crippen LogP contribution is 2.27. The normalized spacial score (nSPS) is 24.4.